The maximum Gasteiger partial charge on any atom is 0.121 e. The highest BCUT2D eigenvalue weighted by molar-refractivity contribution is 7.98. The largest absolute Gasteiger partial charge is 0.383 e. The number of ether oxygens (including phenoxy) is 1. The van der Waals surface area contributed by atoms with Crippen molar-refractivity contribution in [2.45, 2.75) is 10.9 Å². The minimum atomic E-state index is -0.258. The Balaban J connectivity index is 2.61. The van der Waals surface area contributed by atoms with Crippen molar-refractivity contribution in [1.29, 1.82) is 5.26 Å². The Morgan fingerprint density at radius 3 is 2.62 bits per heavy atom. The fraction of sp³-hybridized carbons (Fsp3) is 0.417. The van der Waals surface area contributed by atoms with Crippen LogP contribution in [0.15, 0.2) is 29.2 Å². The molecule has 1 aromatic rings. The summed E-state index contributed by atoms with van der Waals surface area (Å²) in [5, 5.41) is 12.2. The summed E-state index contributed by atoms with van der Waals surface area (Å²) in [4.78, 5) is 1.21. The van der Waals surface area contributed by atoms with Crippen LogP contribution in [0.1, 0.15) is 11.6 Å². The predicted octanol–water partition coefficient (Wildman–Crippen LogP) is 2.21. The van der Waals surface area contributed by atoms with Crippen LogP contribution in [-0.4, -0.2) is 26.5 Å². The van der Waals surface area contributed by atoms with Crippen molar-refractivity contribution in [3.63, 3.8) is 0 Å². The van der Waals surface area contributed by atoms with Gasteiger partial charge in [0, 0.05) is 18.6 Å². The van der Waals surface area contributed by atoms with Gasteiger partial charge in [-0.1, -0.05) is 12.1 Å². The van der Waals surface area contributed by atoms with Crippen molar-refractivity contribution in [2.24, 2.45) is 0 Å². The van der Waals surface area contributed by atoms with Gasteiger partial charge in [-0.3, -0.25) is 5.32 Å². The monoisotopic (exact) mass is 236 g/mol. The number of benzene rings is 1. The molecule has 1 unspecified atom stereocenters. The summed E-state index contributed by atoms with van der Waals surface area (Å²) in [5.74, 6) is 0. The molecule has 1 rings (SSSR count). The minimum absolute atomic E-state index is 0.258. The number of hydrogen-bond donors (Lipinski definition) is 1. The topological polar surface area (TPSA) is 45.0 Å². The van der Waals surface area contributed by atoms with E-state index in [0.29, 0.717) is 13.2 Å². The maximum absolute atomic E-state index is 9.05. The van der Waals surface area contributed by atoms with Crippen molar-refractivity contribution in [1.82, 2.24) is 5.32 Å². The van der Waals surface area contributed by atoms with Crippen LogP contribution in [-0.2, 0) is 4.74 Å². The molecule has 0 saturated heterocycles. The molecular weight excluding hydrogens is 220 g/mol. The highest BCUT2D eigenvalue weighted by atomic mass is 32.2. The standard InChI is InChI=1S/C12H16N2OS/c1-15-8-7-14-12(9-13)10-3-5-11(16-2)6-4-10/h3-6,12,14H,7-8H2,1-2H3. The Bertz CT molecular complexity index is 345. The van der Waals surface area contributed by atoms with Gasteiger partial charge < -0.3 is 4.74 Å². The summed E-state index contributed by atoms with van der Waals surface area (Å²) in [7, 11) is 1.65. The summed E-state index contributed by atoms with van der Waals surface area (Å²) >= 11 is 1.69. The van der Waals surface area contributed by atoms with Crippen molar-refractivity contribution in [3.8, 4) is 6.07 Å². The summed E-state index contributed by atoms with van der Waals surface area (Å²) < 4.78 is 4.93. The molecule has 0 aromatic heterocycles. The van der Waals surface area contributed by atoms with Crippen LogP contribution in [0, 0.1) is 11.3 Å². The van der Waals surface area contributed by atoms with Crippen LogP contribution < -0.4 is 5.32 Å². The summed E-state index contributed by atoms with van der Waals surface area (Å²) in [5.41, 5.74) is 0.997. The molecule has 0 radical (unpaired) electrons. The third-order valence-corrected chi connectivity index (χ3v) is 2.98. The molecule has 0 spiro atoms. The van der Waals surface area contributed by atoms with Crippen LogP contribution in [0.2, 0.25) is 0 Å². The van der Waals surface area contributed by atoms with Gasteiger partial charge in [0.2, 0.25) is 0 Å². The quantitative estimate of drug-likeness (QED) is 0.607. The second-order valence-corrected chi connectivity index (χ2v) is 4.16. The minimum Gasteiger partial charge on any atom is -0.383 e. The van der Waals surface area contributed by atoms with Crippen LogP contribution in [0.4, 0.5) is 0 Å². The first-order valence-corrected chi connectivity index (χ1v) is 6.30. The van der Waals surface area contributed by atoms with Gasteiger partial charge in [0.15, 0.2) is 0 Å². The molecule has 1 N–H and O–H groups in total. The molecule has 0 aliphatic carbocycles. The number of nitrogens with one attached hydrogen (secondary N) is 1. The Hall–Kier alpha value is -1.02. The lowest BCUT2D eigenvalue weighted by atomic mass is 10.1. The van der Waals surface area contributed by atoms with E-state index in [4.69, 9.17) is 10.00 Å². The van der Waals surface area contributed by atoms with E-state index in [2.05, 4.69) is 11.4 Å². The molecule has 0 saturated carbocycles. The van der Waals surface area contributed by atoms with Gasteiger partial charge in [-0.05, 0) is 24.0 Å². The van der Waals surface area contributed by atoms with Gasteiger partial charge in [-0.2, -0.15) is 5.26 Å². The van der Waals surface area contributed by atoms with Crippen molar-refractivity contribution in [3.05, 3.63) is 29.8 Å². The number of rotatable bonds is 6. The van der Waals surface area contributed by atoms with E-state index in [0.717, 1.165) is 5.56 Å². The highest BCUT2D eigenvalue weighted by Crippen LogP contribution is 2.18. The van der Waals surface area contributed by atoms with E-state index in [1.165, 1.54) is 4.90 Å². The lowest BCUT2D eigenvalue weighted by Gasteiger charge is -2.11. The second kappa shape index (κ2) is 7.29. The Morgan fingerprint density at radius 1 is 1.44 bits per heavy atom. The normalized spacial score (nSPS) is 12.1. The van der Waals surface area contributed by atoms with E-state index in [1.807, 2.05) is 30.5 Å². The smallest absolute Gasteiger partial charge is 0.121 e. The van der Waals surface area contributed by atoms with Crippen LogP contribution in [0.5, 0.6) is 0 Å². The zero-order valence-corrected chi connectivity index (χ0v) is 10.4. The Morgan fingerprint density at radius 2 is 2.12 bits per heavy atom. The van der Waals surface area contributed by atoms with E-state index >= 15 is 0 Å². The van der Waals surface area contributed by atoms with Crippen LogP contribution in [0.25, 0.3) is 0 Å². The molecule has 1 atom stereocenters. The van der Waals surface area contributed by atoms with E-state index in [1.54, 1.807) is 18.9 Å². The third kappa shape index (κ3) is 3.86. The number of hydrogen-bond acceptors (Lipinski definition) is 4. The zero-order valence-electron chi connectivity index (χ0n) is 9.56. The molecule has 86 valence electrons. The molecule has 0 fully saturated rings. The third-order valence-electron chi connectivity index (χ3n) is 2.23. The highest BCUT2D eigenvalue weighted by Gasteiger charge is 2.08. The molecule has 0 bridgehead atoms. The average molecular weight is 236 g/mol. The van der Waals surface area contributed by atoms with Gasteiger partial charge in [-0.25, -0.2) is 0 Å². The molecule has 3 nitrogen and oxygen atoms in total. The zero-order chi connectivity index (χ0) is 11.8. The number of nitriles is 1. The van der Waals surface area contributed by atoms with E-state index < -0.39 is 0 Å². The molecule has 16 heavy (non-hydrogen) atoms. The lowest BCUT2D eigenvalue weighted by molar-refractivity contribution is 0.198. The number of nitrogens with zero attached hydrogens (tertiary/aromatic N) is 1. The first-order chi connectivity index (χ1) is 7.81. The summed E-state index contributed by atoms with van der Waals surface area (Å²) in [6.45, 7) is 1.29. The Labute approximate surface area is 101 Å². The molecule has 0 heterocycles. The fourth-order valence-corrected chi connectivity index (χ4v) is 1.75. The van der Waals surface area contributed by atoms with E-state index in [9.17, 15) is 0 Å². The van der Waals surface area contributed by atoms with Gasteiger partial charge in [0.05, 0.1) is 12.7 Å². The van der Waals surface area contributed by atoms with Crippen molar-refractivity contribution < 1.29 is 4.74 Å². The first-order valence-electron chi connectivity index (χ1n) is 5.07. The van der Waals surface area contributed by atoms with Gasteiger partial charge in [0.1, 0.15) is 6.04 Å². The van der Waals surface area contributed by atoms with Gasteiger partial charge in [0.25, 0.3) is 0 Å². The Kier molecular flexibility index (Phi) is 5.94. The molecule has 0 aliphatic heterocycles. The molecule has 0 amide bonds. The molecule has 1 aromatic carbocycles. The van der Waals surface area contributed by atoms with Gasteiger partial charge >= 0.3 is 0 Å². The van der Waals surface area contributed by atoms with Crippen LogP contribution >= 0.6 is 11.8 Å². The molecule has 0 aliphatic rings. The van der Waals surface area contributed by atoms with Crippen molar-refractivity contribution in [2.75, 3.05) is 26.5 Å². The number of methoxy groups -OCH3 is 1. The van der Waals surface area contributed by atoms with Crippen LogP contribution in [0.3, 0.4) is 0 Å². The van der Waals surface area contributed by atoms with Crippen molar-refractivity contribution >= 4 is 11.8 Å². The predicted molar refractivity (Wildman–Crippen MR) is 66.5 cm³/mol. The average Bonchev–Trinajstić information content (AvgIpc) is 2.35. The van der Waals surface area contributed by atoms with E-state index in [-0.39, 0.29) is 6.04 Å². The second-order valence-electron chi connectivity index (χ2n) is 3.28. The first kappa shape index (κ1) is 13.0. The molecule has 4 heteroatoms. The molecular formula is C12H16N2OS. The maximum atomic E-state index is 9.05. The summed E-state index contributed by atoms with van der Waals surface area (Å²) in [6, 6.07) is 10.0. The fourth-order valence-electron chi connectivity index (χ4n) is 1.34. The van der Waals surface area contributed by atoms with Gasteiger partial charge in [-0.15, -0.1) is 11.8 Å². The summed E-state index contributed by atoms with van der Waals surface area (Å²) in [6.07, 6.45) is 2.04. The lowest BCUT2D eigenvalue weighted by Crippen LogP contribution is -2.23. The number of thioether (sulfide) groups is 1. The SMILES string of the molecule is COCCNC(C#N)c1ccc(SC)cc1.